The zero-order valence-corrected chi connectivity index (χ0v) is 13.2. The largest absolute Gasteiger partial charge is 0.548 e. The lowest BCUT2D eigenvalue weighted by Gasteiger charge is -2.59. The number of carboxylic acid groups (broad SMARTS) is 1. The van der Waals surface area contributed by atoms with Crippen LogP contribution in [0.15, 0.2) is 30.3 Å². The standard InChI is InChI=1S/C19H23NO3/c21-17(15-4-2-1-3-5-15)20-16(18(22)23)19-9-12-6-13(10-19)8-14(7-12)11-19/h1-5,12-14,16H,6-11H2,(H,20,21)(H,22,23)/p-1/t12?,13?,14?,16-,19?/m0/s1. The molecule has 0 aromatic heterocycles. The Morgan fingerprint density at radius 1 is 1.00 bits per heavy atom. The summed E-state index contributed by atoms with van der Waals surface area (Å²) in [5.74, 6) is 0.469. The summed E-state index contributed by atoms with van der Waals surface area (Å²) in [6.45, 7) is 0. The van der Waals surface area contributed by atoms with Crippen molar-refractivity contribution in [2.45, 2.75) is 44.6 Å². The molecular weight excluding hydrogens is 290 g/mol. The SMILES string of the molecule is O=C(N[C@@H](C(=O)[O-])C12CC3CC(CC(C3)C1)C2)c1ccccc1. The first-order chi connectivity index (χ1) is 11.1. The summed E-state index contributed by atoms with van der Waals surface area (Å²) < 4.78 is 0. The van der Waals surface area contributed by atoms with Gasteiger partial charge in [0.15, 0.2) is 0 Å². The molecule has 4 saturated carbocycles. The van der Waals surface area contributed by atoms with Gasteiger partial charge in [-0.25, -0.2) is 0 Å². The van der Waals surface area contributed by atoms with Gasteiger partial charge in [-0.15, -0.1) is 0 Å². The number of rotatable bonds is 4. The lowest BCUT2D eigenvalue weighted by molar-refractivity contribution is -0.313. The van der Waals surface area contributed by atoms with E-state index in [0.29, 0.717) is 23.3 Å². The minimum atomic E-state index is -1.13. The molecule has 1 N–H and O–H groups in total. The van der Waals surface area contributed by atoms with Gasteiger partial charge in [0, 0.05) is 5.56 Å². The van der Waals surface area contributed by atoms with Crippen molar-refractivity contribution in [1.82, 2.24) is 5.32 Å². The third-order valence-corrected chi connectivity index (χ3v) is 6.25. The van der Waals surface area contributed by atoms with Gasteiger partial charge in [0.1, 0.15) is 0 Å². The highest BCUT2D eigenvalue weighted by Gasteiger charge is 2.54. The maximum Gasteiger partial charge on any atom is 0.251 e. The highest BCUT2D eigenvalue weighted by molar-refractivity contribution is 5.96. The van der Waals surface area contributed by atoms with Crippen LogP contribution in [0.2, 0.25) is 0 Å². The molecule has 23 heavy (non-hydrogen) atoms. The Labute approximate surface area is 136 Å². The van der Waals surface area contributed by atoms with E-state index in [0.717, 1.165) is 19.3 Å². The van der Waals surface area contributed by atoms with Crippen LogP contribution in [0.1, 0.15) is 48.9 Å². The molecule has 0 radical (unpaired) electrons. The van der Waals surface area contributed by atoms with Gasteiger partial charge in [0.2, 0.25) is 0 Å². The van der Waals surface area contributed by atoms with E-state index in [2.05, 4.69) is 5.32 Å². The first-order valence-corrected chi connectivity index (χ1v) is 8.62. The molecule has 0 spiro atoms. The normalized spacial score (nSPS) is 35.7. The topological polar surface area (TPSA) is 69.2 Å². The summed E-state index contributed by atoms with van der Waals surface area (Å²) in [6.07, 6.45) is 6.50. The van der Waals surface area contributed by atoms with Crippen molar-refractivity contribution in [2.24, 2.45) is 23.2 Å². The number of hydrogen-bond acceptors (Lipinski definition) is 3. The van der Waals surface area contributed by atoms with E-state index in [1.807, 2.05) is 6.07 Å². The molecule has 0 aliphatic heterocycles. The highest BCUT2D eigenvalue weighted by Crippen LogP contribution is 2.61. The molecular formula is C19H22NO3-. The van der Waals surface area contributed by atoms with Gasteiger partial charge in [-0.3, -0.25) is 4.79 Å². The molecule has 4 heteroatoms. The Morgan fingerprint density at radius 3 is 2.00 bits per heavy atom. The third kappa shape index (κ3) is 2.54. The van der Waals surface area contributed by atoms with Crippen LogP contribution in [-0.4, -0.2) is 17.9 Å². The predicted octanol–water partition coefficient (Wildman–Crippen LogP) is 1.75. The van der Waals surface area contributed by atoms with E-state index >= 15 is 0 Å². The lowest BCUT2D eigenvalue weighted by atomic mass is 9.47. The molecule has 0 saturated heterocycles. The molecule has 0 unspecified atom stereocenters. The molecule has 1 atom stereocenters. The smallest absolute Gasteiger partial charge is 0.251 e. The van der Waals surface area contributed by atoms with E-state index in [1.165, 1.54) is 19.3 Å². The average molecular weight is 312 g/mol. The van der Waals surface area contributed by atoms with E-state index < -0.39 is 12.0 Å². The number of carbonyl (C=O) groups is 2. The fraction of sp³-hybridized carbons (Fsp3) is 0.579. The second-order valence-corrected chi connectivity index (χ2v) is 7.87. The minimum Gasteiger partial charge on any atom is -0.548 e. The van der Waals surface area contributed by atoms with Crippen molar-refractivity contribution >= 4 is 11.9 Å². The summed E-state index contributed by atoms with van der Waals surface area (Å²) in [6, 6.07) is 7.96. The second-order valence-electron chi connectivity index (χ2n) is 7.87. The van der Waals surface area contributed by atoms with Gasteiger partial charge in [-0.05, 0) is 73.8 Å². The molecule has 4 bridgehead atoms. The van der Waals surface area contributed by atoms with E-state index in [-0.39, 0.29) is 11.3 Å². The summed E-state index contributed by atoms with van der Waals surface area (Å²) in [7, 11) is 0. The van der Waals surface area contributed by atoms with Gasteiger partial charge in [0.25, 0.3) is 5.91 Å². The molecule has 0 heterocycles. The number of benzene rings is 1. The Hall–Kier alpha value is -1.84. The monoisotopic (exact) mass is 312 g/mol. The third-order valence-electron chi connectivity index (χ3n) is 6.25. The number of aliphatic carboxylic acids is 1. The van der Waals surface area contributed by atoms with Crippen molar-refractivity contribution < 1.29 is 14.7 Å². The van der Waals surface area contributed by atoms with E-state index in [1.54, 1.807) is 24.3 Å². The molecule has 4 nitrogen and oxygen atoms in total. The van der Waals surface area contributed by atoms with Crippen LogP contribution in [0, 0.1) is 23.2 Å². The van der Waals surface area contributed by atoms with Gasteiger partial charge >= 0.3 is 0 Å². The first-order valence-electron chi connectivity index (χ1n) is 8.62. The Morgan fingerprint density at radius 2 is 1.52 bits per heavy atom. The van der Waals surface area contributed by atoms with Crippen molar-refractivity contribution in [3.63, 3.8) is 0 Å². The first kappa shape index (κ1) is 14.7. The molecule has 1 aromatic rings. The van der Waals surface area contributed by atoms with Crippen molar-refractivity contribution in [2.75, 3.05) is 0 Å². The molecule has 1 aromatic carbocycles. The average Bonchev–Trinajstić information content (AvgIpc) is 2.51. The van der Waals surface area contributed by atoms with Crippen LogP contribution in [0.5, 0.6) is 0 Å². The Balaban J connectivity index is 1.59. The number of carbonyl (C=O) groups excluding carboxylic acids is 2. The molecule has 4 aliphatic carbocycles. The number of amides is 1. The maximum absolute atomic E-state index is 12.5. The fourth-order valence-electron chi connectivity index (χ4n) is 5.80. The Kier molecular flexibility index (Phi) is 3.43. The van der Waals surface area contributed by atoms with Crippen LogP contribution >= 0.6 is 0 Å². The molecule has 4 fully saturated rings. The van der Waals surface area contributed by atoms with Crippen LogP contribution in [0.25, 0.3) is 0 Å². The minimum absolute atomic E-state index is 0.294. The zero-order valence-electron chi connectivity index (χ0n) is 13.2. The molecule has 4 aliphatic rings. The maximum atomic E-state index is 12.5. The fourth-order valence-corrected chi connectivity index (χ4v) is 5.80. The Bertz CT molecular complexity index is 589. The van der Waals surface area contributed by atoms with Crippen molar-refractivity contribution in [1.29, 1.82) is 0 Å². The summed E-state index contributed by atoms with van der Waals surface area (Å²) in [4.78, 5) is 24.3. The lowest BCUT2D eigenvalue weighted by Crippen LogP contribution is -2.62. The number of carboxylic acids is 1. The van der Waals surface area contributed by atoms with Crippen LogP contribution in [0.3, 0.4) is 0 Å². The van der Waals surface area contributed by atoms with Crippen molar-refractivity contribution in [3.05, 3.63) is 35.9 Å². The van der Waals surface area contributed by atoms with Crippen molar-refractivity contribution in [3.8, 4) is 0 Å². The highest BCUT2D eigenvalue weighted by atomic mass is 16.4. The van der Waals surface area contributed by atoms with Crippen LogP contribution in [0.4, 0.5) is 0 Å². The molecule has 5 rings (SSSR count). The van der Waals surface area contributed by atoms with E-state index in [9.17, 15) is 14.7 Å². The summed E-state index contributed by atoms with van der Waals surface area (Å²) in [5, 5.41) is 14.6. The zero-order chi connectivity index (χ0) is 16.0. The van der Waals surface area contributed by atoms with Gasteiger partial charge < -0.3 is 15.2 Å². The predicted molar refractivity (Wildman–Crippen MR) is 83.3 cm³/mol. The van der Waals surface area contributed by atoms with Crippen LogP contribution in [-0.2, 0) is 4.79 Å². The van der Waals surface area contributed by atoms with Gasteiger partial charge in [-0.1, -0.05) is 18.2 Å². The van der Waals surface area contributed by atoms with Gasteiger partial charge in [-0.2, -0.15) is 0 Å². The molecule has 122 valence electrons. The van der Waals surface area contributed by atoms with E-state index in [4.69, 9.17) is 0 Å². The van der Waals surface area contributed by atoms with Crippen LogP contribution < -0.4 is 10.4 Å². The number of hydrogen-bond donors (Lipinski definition) is 1. The van der Waals surface area contributed by atoms with Gasteiger partial charge in [0.05, 0.1) is 12.0 Å². The second kappa shape index (κ2) is 5.36. The summed E-state index contributed by atoms with van der Waals surface area (Å²) >= 11 is 0. The number of nitrogens with one attached hydrogen (secondary N) is 1. The summed E-state index contributed by atoms with van der Waals surface area (Å²) in [5.41, 5.74) is 0.210. The quantitative estimate of drug-likeness (QED) is 0.921. The molecule has 1 amide bonds.